The summed E-state index contributed by atoms with van der Waals surface area (Å²) in [5.41, 5.74) is 1.40. The molecule has 0 aromatic heterocycles. The summed E-state index contributed by atoms with van der Waals surface area (Å²) in [7, 11) is -4.24. The van der Waals surface area contributed by atoms with Gasteiger partial charge in [0.05, 0.1) is 22.0 Å². The Morgan fingerprint density at radius 3 is 2.61 bits per heavy atom. The van der Waals surface area contributed by atoms with Crippen LogP contribution in [0.4, 0.5) is 0 Å². The molecule has 1 aromatic rings. The standard InChI is InChI=1S/C12H16O4S.Na/c13-17(14,15)9-10-5-1-2-6-11(10)12-7-3-4-8-16-12;/h1-2,5-6,12H,3-4,7-9H2,(H,13,14,15);/q;+1/p-1. The topological polar surface area (TPSA) is 66.4 Å². The first-order valence-electron chi connectivity index (χ1n) is 5.69. The Bertz CT molecular complexity index is 481. The minimum Gasteiger partial charge on any atom is -0.748 e. The van der Waals surface area contributed by atoms with Gasteiger partial charge in [-0.2, -0.15) is 0 Å². The van der Waals surface area contributed by atoms with Gasteiger partial charge in [0.1, 0.15) is 0 Å². The van der Waals surface area contributed by atoms with Gasteiger partial charge in [-0.3, -0.25) is 0 Å². The molecule has 1 atom stereocenters. The predicted octanol–water partition coefficient (Wildman–Crippen LogP) is -1.02. The van der Waals surface area contributed by atoms with Gasteiger partial charge in [0, 0.05) is 6.61 Å². The van der Waals surface area contributed by atoms with E-state index in [-0.39, 0.29) is 35.7 Å². The van der Waals surface area contributed by atoms with Crippen molar-refractivity contribution in [3.63, 3.8) is 0 Å². The maximum atomic E-state index is 10.8. The Labute approximate surface area is 130 Å². The van der Waals surface area contributed by atoms with Crippen LogP contribution in [0.15, 0.2) is 24.3 Å². The van der Waals surface area contributed by atoms with E-state index in [4.69, 9.17) is 4.74 Å². The van der Waals surface area contributed by atoms with Crippen molar-refractivity contribution in [2.45, 2.75) is 31.1 Å². The molecule has 18 heavy (non-hydrogen) atoms. The van der Waals surface area contributed by atoms with Gasteiger partial charge in [0.15, 0.2) is 0 Å². The van der Waals surface area contributed by atoms with Crippen molar-refractivity contribution in [1.29, 1.82) is 0 Å². The monoisotopic (exact) mass is 278 g/mol. The quantitative estimate of drug-likeness (QED) is 0.524. The van der Waals surface area contributed by atoms with Crippen molar-refractivity contribution in [3.8, 4) is 0 Å². The van der Waals surface area contributed by atoms with Crippen molar-refractivity contribution < 1.29 is 47.3 Å². The number of ether oxygens (including phenoxy) is 1. The van der Waals surface area contributed by atoms with Gasteiger partial charge < -0.3 is 9.29 Å². The fraction of sp³-hybridized carbons (Fsp3) is 0.500. The predicted molar refractivity (Wildman–Crippen MR) is 62.4 cm³/mol. The summed E-state index contributed by atoms with van der Waals surface area (Å²) in [5, 5.41) is 0. The van der Waals surface area contributed by atoms with E-state index in [0.717, 1.165) is 24.8 Å². The fourth-order valence-electron chi connectivity index (χ4n) is 2.16. The van der Waals surface area contributed by atoms with E-state index < -0.39 is 15.9 Å². The molecular formula is C12H15NaO4S. The minimum absolute atomic E-state index is 0. The summed E-state index contributed by atoms with van der Waals surface area (Å²) in [6.45, 7) is 0.698. The minimum atomic E-state index is -4.24. The number of rotatable bonds is 3. The maximum absolute atomic E-state index is 10.8. The molecule has 4 nitrogen and oxygen atoms in total. The Hall–Kier alpha value is 0.0900. The molecule has 0 amide bonds. The van der Waals surface area contributed by atoms with E-state index in [0.29, 0.717) is 12.2 Å². The van der Waals surface area contributed by atoms with Crippen LogP contribution >= 0.6 is 0 Å². The van der Waals surface area contributed by atoms with Crippen LogP contribution in [-0.4, -0.2) is 19.6 Å². The van der Waals surface area contributed by atoms with Crippen LogP contribution in [0.25, 0.3) is 0 Å². The fourth-order valence-corrected chi connectivity index (χ4v) is 2.80. The molecule has 0 aliphatic carbocycles. The van der Waals surface area contributed by atoms with Gasteiger partial charge in [-0.15, -0.1) is 0 Å². The second-order valence-electron chi connectivity index (χ2n) is 4.26. The van der Waals surface area contributed by atoms with E-state index in [1.54, 1.807) is 12.1 Å². The molecule has 0 saturated carbocycles. The molecule has 0 radical (unpaired) electrons. The number of hydrogen-bond donors (Lipinski definition) is 0. The van der Waals surface area contributed by atoms with Gasteiger partial charge >= 0.3 is 29.6 Å². The average molecular weight is 278 g/mol. The Morgan fingerprint density at radius 2 is 2.00 bits per heavy atom. The molecule has 1 aliphatic heterocycles. The second-order valence-corrected chi connectivity index (χ2v) is 5.66. The van der Waals surface area contributed by atoms with Crippen molar-refractivity contribution in [2.24, 2.45) is 0 Å². The van der Waals surface area contributed by atoms with Crippen LogP contribution in [0.1, 0.15) is 36.5 Å². The molecule has 0 N–H and O–H groups in total. The van der Waals surface area contributed by atoms with Crippen LogP contribution < -0.4 is 29.6 Å². The summed E-state index contributed by atoms with van der Waals surface area (Å²) in [4.78, 5) is 0. The van der Waals surface area contributed by atoms with Gasteiger partial charge in [-0.05, 0) is 30.4 Å². The molecule has 2 rings (SSSR count). The molecule has 0 spiro atoms. The summed E-state index contributed by atoms with van der Waals surface area (Å²) in [5.74, 6) is -0.455. The molecular weight excluding hydrogens is 263 g/mol. The Morgan fingerprint density at radius 1 is 1.28 bits per heavy atom. The van der Waals surface area contributed by atoms with E-state index in [1.165, 1.54) is 0 Å². The first-order valence-corrected chi connectivity index (χ1v) is 7.27. The zero-order valence-electron chi connectivity index (χ0n) is 10.5. The van der Waals surface area contributed by atoms with Crippen molar-refractivity contribution in [1.82, 2.24) is 0 Å². The Balaban J connectivity index is 0.00000162. The normalized spacial score (nSPS) is 20.2. The third-order valence-corrected chi connectivity index (χ3v) is 3.58. The first kappa shape index (κ1) is 16.1. The molecule has 1 unspecified atom stereocenters. The summed E-state index contributed by atoms with van der Waals surface area (Å²) >= 11 is 0. The molecule has 1 saturated heterocycles. The number of hydrogen-bond acceptors (Lipinski definition) is 4. The maximum Gasteiger partial charge on any atom is 1.00 e. The summed E-state index contributed by atoms with van der Waals surface area (Å²) in [6, 6.07) is 7.11. The molecule has 0 bridgehead atoms. The van der Waals surface area contributed by atoms with Crippen LogP contribution in [0.2, 0.25) is 0 Å². The van der Waals surface area contributed by atoms with Gasteiger partial charge in [0.25, 0.3) is 0 Å². The SMILES string of the molecule is O=S(=O)([O-])Cc1ccccc1C1CCCCO1.[Na+]. The van der Waals surface area contributed by atoms with E-state index >= 15 is 0 Å². The van der Waals surface area contributed by atoms with Crippen LogP contribution in [0.3, 0.4) is 0 Å². The van der Waals surface area contributed by atoms with Crippen molar-refractivity contribution >= 4 is 10.1 Å². The van der Waals surface area contributed by atoms with Gasteiger partial charge in [-0.1, -0.05) is 24.3 Å². The third-order valence-electron chi connectivity index (χ3n) is 2.91. The average Bonchev–Trinajstić information content (AvgIpc) is 2.29. The van der Waals surface area contributed by atoms with Gasteiger partial charge in [0.2, 0.25) is 0 Å². The first-order chi connectivity index (χ1) is 8.06. The molecule has 1 heterocycles. The molecule has 1 fully saturated rings. The van der Waals surface area contributed by atoms with E-state index in [1.807, 2.05) is 12.1 Å². The van der Waals surface area contributed by atoms with Crippen LogP contribution in [0, 0.1) is 0 Å². The van der Waals surface area contributed by atoms with Gasteiger partial charge in [-0.25, -0.2) is 8.42 Å². The molecule has 1 aliphatic rings. The molecule has 94 valence electrons. The summed E-state index contributed by atoms with van der Waals surface area (Å²) in [6.07, 6.45) is 2.93. The summed E-state index contributed by atoms with van der Waals surface area (Å²) < 4.78 is 38.1. The van der Waals surface area contributed by atoms with Crippen molar-refractivity contribution in [3.05, 3.63) is 35.4 Å². The Kier molecular flexibility index (Phi) is 6.30. The number of benzene rings is 1. The molecule has 6 heteroatoms. The largest absolute Gasteiger partial charge is 1.00 e. The van der Waals surface area contributed by atoms with E-state index in [9.17, 15) is 13.0 Å². The zero-order valence-corrected chi connectivity index (χ0v) is 13.3. The second kappa shape index (κ2) is 7.03. The molecule has 1 aromatic carbocycles. The zero-order chi connectivity index (χ0) is 12.3. The van der Waals surface area contributed by atoms with E-state index in [2.05, 4.69) is 0 Å². The smallest absolute Gasteiger partial charge is 0.748 e. The van der Waals surface area contributed by atoms with Crippen molar-refractivity contribution in [2.75, 3.05) is 6.61 Å². The van der Waals surface area contributed by atoms with Crippen LogP contribution in [0.5, 0.6) is 0 Å². The third kappa shape index (κ3) is 4.64. The van der Waals surface area contributed by atoms with Crippen LogP contribution in [-0.2, 0) is 20.6 Å².